The Morgan fingerprint density at radius 3 is 2.78 bits per heavy atom. The lowest BCUT2D eigenvalue weighted by Crippen LogP contribution is -1.91. The first-order valence-corrected chi connectivity index (χ1v) is 5.53. The van der Waals surface area contributed by atoms with Gasteiger partial charge in [-0.15, -0.1) is 0 Å². The molecule has 0 unspecified atom stereocenters. The number of nitrogens with one attached hydrogen (secondary N) is 2. The van der Waals surface area contributed by atoms with Crippen LogP contribution in [0.4, 0.5) is 5.69 Å². The van der Waals surface area contributed by atoms with Crippen molar-refractivity contribution in [1.82, 2.24) is 20.2 Å². The number of nitrogens with zero attached hydrogens (tertiary/aromatic N) is 2. The zero-order valence-corrected chi connectivity index (χ0v) is 10.1. The molecular weight excluding hydrogens is 230 g/mol. The summed E-state index contributed by atoms with van der Waals surface area (Å²) in [6.07, 6.45) is 0. The number of nitrogen functional groups attached to an aromatic ring is 1. The van der Waals surface area contributed by atoms with Gasteiger partial charge in [0.2, 0.25) is 0 Å². The van der Waals surface area contributed by atoms with Crippen LogP contribution >= 0.6 is 0 Å². The topological polar surface area (TPSA) is 92.6 Å². The van der Waals surface area contributed by atoms with E-state index in [-0.39, 0.29) is 0 Å². The van der Waals surface area contributed by atoms with Crippen LogP contribution < -0.4 is 10.5 Å². The summed E-state index contributed by atoms with van der Waals surface area (Å²) < 4.78 is 5.20. The zero-order chi connectivity index (χ0) is 12.7. The maximum absolute atomic E-state index is 5.87. The lowest BCUT2D eigenvalue weighted by Gasteiger charge is -2.03. The predicted octanol–water partition coefficient (Wildman–Crippen LogP) is 1.85. The van der Waals surface area contributed by atoms with Crippen molar-refractivity contribution in [3.63, 3.8) is 0 Å². The van der Waals surface area contributed by atoms with Gasteiger partial charge in [0.25, 0.3) is 0 Å². The highest BCUT2D eigenvalue weighted by molar-refractivity contribution is 5.89. The molecule has 18 heavy (non-hydrogen) atoms. The van der Waals surface area contributed by atoms with Crippen LogP contribution in [0.25, 0.3) is 22.4 Å². The van der Waals surface area contributed by atoms with E-state index in [1.807, 2.05) is 25.1 Å². The summed E-state index contributed by atoms with van der Waals surface area (Å²) in [6.45, 7) is 1.86. The molecule has 0 atom stereocenters. The third-order valence-corrected chi connectivity index (χ3v) is 2.81. The summed E-state index contributed by atoms with van der Waals surface area (Å²) in [5.74, 6) is 2.08. The molecule has 92 valence electrons. The molecule has 0 amide bonds. The van der Waals surface area contributed by atoms with Gasteiger partial charge in [-0.2, -0.15) is 5.10 Å². The molecule has 0 aliphatic rings. The van der Waals surface area contributed by atoms with E-state index in [0.717, 1.165) is 22.4 Å². The van der Waals surface area contributed by atoms with Crippen molar-refractivity contribution >= 4 is 16.6 Å². The van der Waals surface area contributed by atoms with Gasteiger partial charge in [0.1, 0.15) is 11.6 Å². The third-order valence-electron chi connectivity index (χ3n) is 2.81. The van der Waals surface area contributed by atoms with Crippen molar-refractivity contribution in [3.8, 4) is 17.3 Å². The molecular formula is C12H13N5O. The highest BCUT2D eigenvalue weighted by atomic mass is 16.5. The van der Waals surface area contributed by atoms with E-state index < -0.39 is 0 Å². The fourth-order valence-corrected chi connectivity index (χ4v) is 1.94. The summed E-state index contributed by atoms with van der Waals surface area (Å²) in [5, 5.41) is 7.94. The molecule has 0 aliphatic carbocycles. The minimum Gasteiger partial charge on any atom is -0.495 e. The quantitative estimate of drug-likeness (QED) is 0.599. The number of nitrogens with two attached hydrogens (primary N) is 1. The first-order chi connectivity index (χ1) is 8.67. The average Bonchev–Trinajstić information content (AvgIpc) is 2.93. The minimum absolute atomic E-state index is 0.601. The Morgan fingerprint density at radius 1 is 1.28 bits per heavy atom. The van der Waals surface area contributed by atoms with Crippen molar-refractivity contribution in [3.05, 3.63) is 24.0 Å². The smallest absolute Gasteiger partial charge is 0.197 e. The minimum atomic E-state index is 0.601. The number of methoxy groups -OCH3 is 1. The van der Waals surface area contributed by atoms with Crippen LogP contribution in [0.2, 0.25) is 0 Å². The van der Waals surface area contributed by atoms with E-state index in [2.05, 4.69) is 20.2 Å². The number of aryl methyl sites for hydroxylation is 1. The molecule has 3 aromatic rings. The summed E-state index contributed by atoms with van der Waals surface area (Å²) in [4.78, 5) is 7.52. The summed E-state index contributed by atoms with van der Waals surface area (Å²) in [5.41, 5.74) is 8.25. The van der Waals surface area contributed by atoms with Gasteiger partial charge in [-0.3, -0.25) is 5.10 Å². The van der Waals surface area contributed by atoms with E-state index in [1.165, 1.54) is 0 Å². The highest BCUT2D eigenvalue weighted by Crippen LogP contribution is 2.30. The second-order valence-corrected chi connectivity index (χ2v) is 4.11. The Hall–Kier alpha value is -2.50. The fourth-order valence-electron chi connectivity index (χ4n) is 1.94. The molecule has 0 saturated carbocycles. The van der Waals surface area contributed by atoms with Crippen LogP contribution in [0.15, 0.2) is 18.2 Å². The Bertz CT molecular complexity index is 712. The highest BCUT2D eigenvalue weighted by Gasteiger charge is 2.10. The SMILES string of the molecule is COc1cc2cc(-c3n[nH]c(C)n3)[nH]c2cc1N. The molecule has 0 bridgehead atoms. The second kappa shape index (κ2) is 3.76. The van der Waals surface area contributed by atoms with E-state index in [4.69, 9.17) is 10.5 Å². The molecule has 0 aliphatic heterocycles. The summed E-state index contributed by atoms with van der Waals surface area (Å²) in [7, 11) is 1.60. The number of benzene rings is 1. The number of ether oxygens (including phenoxy) is 1. The first kappa shape index (κ1) is 10.6. The average molecular weight is 243 g/mol. The number of H-pyrrole nitrogens is 2. The molecule has 4 N–H and O–H groups in total. The Balaban J connectivity index is 2.16. The normalized spacial score (nSPS) is 11.0. The van der Waals surface area contributed by atoms with Gasteiger partial charge in [-0.1, -0.05) is 0 Å². The van der Waals surface area contributed by atoms with Gasteiger partial charge in [0, 0.05) is 10.9 Å². The number of aromatic nitrogens is 4. The Kier molecular flexibility index (Phi) is 2.22. The largest absolute Gasteiger partial charge is 0.495 e. The van der Waals surface area contributed by atoms with Crippen molar-refractivity contribution in [2.24, 2.45) is 0 Å². The predicted molar refractivity (Wildman–Crippen MR) is 69.4 cm³/mol. The van der Waals surface area contributed by atoms with E-state index in [0.29, 0.717) is 17.3 Å². The molecule has 0 spiro atoms. The van der Waals surface area contributed by atoms with Gasteiger partial charge in [-0.25, -0.2) is 4.98 Å². The van der Waals surface area contributed by atoms with Crippen molar-refractivity contribution in [2.45, 2.75) is 6.92 Å². The molecule has 2 aromatic heterocycles. The van der Waals surface area contributed by atoms with Crippen LogP contribution in [0.1, 0.15) is 5.82 Å². The van der Waals surface area contributed by atoms with Gasteiger partial charge in [0.15, 0.2) is 5.82 Å². The number of rotatable bonds is 2. The number of anilines is 1. The molecule has 2 heterocycles. The van der Waals surface area contributed by atoms with Crippen LogP contribution in [0.5, 0.6) is 5.75 Å². The number of fused-ring (bicyclic) bond motifs is 1. The van der Waals surface area contributed by atoms with Gasteiger partial charge in [0.05, 0.1) is 18.5 Å². The van der Waals surface area contributed by atoms with Crippen LogP contribution in [0.3, 0.4) is 0 Å². The molecule has 6 heteroatoms. The molecule has 0 radical (unpaired) electrons. The summed E-state index contributed by atoms with van der Waals surface area (Å²) in [6, 6.07) is 5.71. The Labute approximate surface area is 103 Å². The zero-order valence-electron chi connectivity index (χ0n) is 10.1. The van der Waals surface area contributed by atoms with Crippen molar-refractivity contribution in [1.29, 1.82) is 0 Å². The van der Waals surface area contributed by atoms with Crippen molar-refractivity contribution in [2.75, 3.05) is 12.8 Å². The number of hydrogen-bond donors (Lipinski definition) is 3. The van der Waals surface area contributed by atoms with Crippen LogP contribution in [-0.4, -0.2) is 27.3 Å². The monoisotopic (exact) mass is 243 g/mol. The standard InChI is InChI=1S/C12H13N5O/c1-6-14-12(17-16-6)10-3-7-4-11(18-2)8(13)5-9(7)15-10/h3-5,15H,13H2,1-2H3,(H,14,16,17). The Morgan fingerprint density at radius 2 is 2.11 bits per heavy atom. The fraction of sp³-hybridized carbons (Fsp3) is 0.167. The number of aromatic amines is 2. The summed E-state index contributed by atoms with van der Waals surface area (Å²) >= 11 is 0. The third kappa shape index (κ3) is 1.58. The number of hydrogen-bond acceptors (Lipinski definition) is 4. The maximum Gasteiger partial charge on any atom is 0.197 e. The van der Waals surface area contributed by atoms with E-state index in [9.17, 15) is 0 Å². The van der Waals surface area contributed by atoms with E-state index >= 15 is 0 Å². The molecule has 0 fully saturated rings. The lowest BCUT2D eigenvalue weighted by atomic mass is 10.2. The second-order valence-electron chi connectivity index (χ2n) is 4.11. The van der Waals surface area contributed by atoms with E-state index in [1.54, 1.807) is 7.11 Å². The molecule has 0 saturated heterocycles. The van der Waals surface area contributed by atoms with Gasteiger partial charge < -0.3 is 15.5 Å². The maximum atomic E-state index is 5.87. The molecule has 1 aromatic carbocycles. The first-order valence-electron chi connectivity index (χ1n) is 5.53. The van der Waals surface area contributed by atoms with Crippen LogP contribution in [-0.2, 0) is 0 Å². The van der Waals surface area contributed by atoms with Gasteiger partial charge >= 0.3 is 0 Å². The lowest BCUT2D eigenvalue weighted by molar-refractivity contribution is 0.417. The van der Waals surface area contributed by atoms with Gasteiger partial charge in [-0.05, 0) is 25.1 Å². The van der Waals surface area contributed by atoms with Crippen LogP contribution in [0, 0.1) is 6.92 Å². The molecule has 6 nitrogen and oxygen atoms in total. The van der Waals surface area contributed by atoms with Crippen molar-refractivity contribution < 1.29 is 4.74 Å². The molecule has 3 rings (SSSR count).